The molecule has 0 radical (unpaired) electrons. The van der Waals surface area contributed by atoms with Crippen molar-refractivity contribution in [1.29, 1.82) is 0 Å². The van der Waals surface area contributed by atoms with Crippen LogP contribution in [0.4, 0.5) is 0 Å². The molecule has 0 aromatic heterocycles. The van der Waals surface area contributed by atoms with Gasteiger partial charge in [0.2, 0.25) is 0 Å². The van der Waals surface area contributed by atoms with Crippen LogP contribution >= 0.6 is 0 Å². The Morgan fingerprint density at radius 2 is 1.76 bits per heavy atom. The van der Waals surface area contributed by atoms with Gasteiger partial charge in [-0.25, -0.2) is 0 Å². The molecule has 108 valence electrons. The molecule has 0 spiro atoms. The van der Waals surface area contributed by atoms with Crippen LogP contribution in [0, 0.1) is 5.92 Å². The molecule has 0 fully saturated rings. The number of ether oxygens (including phenoxy) is 1. The van der Waals surface area contributed by atoms with Crippen molar-refractivity contribution in [3.05, 3.63) is 53.5 Å². The standard InChI is InChI=1S/C15H12O6/c16-8-4-11(19)15-12(20)6-13(21-14(15)5-8)7-1-2-9(17)10(18)3-7/h1-6,14-19H/t14-,15-/m0/s1. The summed E-state index contributed by atoms with van der Waals surface area (Å²) in [5.41, 5.74) is 0.402. The lowest BCUT2D eigenvalue weighted by atomic mass is 9.88. The summed E-state index contributed by atoms with van der Waals surface area (Å²) < 4.78 is 5.59. The molecule has 6 nitrogen and oxygen atoms in total. The molecule has 0 bridgehead atoms. The van der Waals surface area contributed by atoms with Gasteiger partial charge in [-0.05, 0) is 24.3 Å². The summed E-state index contributed by atoms with van der Waals surface area (Å²) in [6, 6.07) is 4.02. The van der Waals surface area contributed by atoms with Crippen LogP contribution < -0.4 is 0 Å². The van der Waals surface area contributed by atoms with E-state index in [-0.39, 0.29) is 34.6 Å². The zero-order valence-electron chi connectivity index (χ0n) is 10.7. The smallest absolute Gasteiger partial charge is 0.174 e. The summed E-state index contributed by atoms with van der Waals surface area (Å²) in [7, 11) is 0. The third-order valence-corrected chi connectivity index (χ3v) is 3.38. The Bertz CT molecular complexity index is 713. The highest BCUT2D eigenvalue weighted by molar-refractivity contribution is 6.00. The zero-order valence-corrected chi connectivity index (χ0v) is 10.7. The van der Waals surface area contributed by atoms with Crippen LogP contribution in [0.2, 0.25) is 0 Å². The maximum atomic E-state index is 12.1. The number of phenolic OH excluding ortho intramolecular Hbond substituents is 2. The number of benzene rings is 1. The lowest BCUT2D eigenvalue weighted by molar-refractivity contribution is -0.121. The van der Waals surface area contributed by atoms with Gasteiger partial charge in [0.25, 0.3) is 0 Å². The van der Waals surface area contributed by atoms with E-state index in [0.29, 0.717) is 5.56 Å². The fourth-order valence-electron chi connectivity index (χ4n) is 2.36. The molecule has 1 aliphatic carbocycles. The van der Waals surface area contributed by atoms with Crippen molar-refractivity contribution in [3.8, 4) is 11.5 Å². The predicted octanol–water partition coefficient (Wildman–Crippen LogP) is 1.92. The lowest BCUT2D eigenvalue weighted by Crippen LogP contribution is -2.35. The number of aromatic hydroxyl groups is 2. The van der Waals surface area contributed by atoms with Crippen molar-refractivity contribution in [2.24, 2.45) is 5.92 Å². The van der Waals surface area contributed by atoms with Gasteiger partial charge in [-0.1, -0.05) is 0 Å². The molecule has 21 heavy (non-hydrogen) atoms. The Hall–Kier alpha value is -2.89. The van der Waals surface area contributed by atoms with Crippen molar-refractivity contribution < 1.29 is 30.0 Å². The lowest BCUT2D eigenvalue weighted by Gasteiger charge is -2.31. The van der Waals surface area contributed by atoms with Crippen molar-refractivity contribution in [1.82, 2.24) is 0 Å². The molecule has 6 heteroatoms. The van der Waals surface area contributed by atoms with Gasteiger partial charge in [0.05, 0.1) is 0 Å². The molecule has 3 rings (SSSR count). The zero-order chi connectivity index (χ0) is 15.1. The number of aliphatic hydroxyl groups excluding tert-OH is 2. The number of carbonyl (C=O) groups excluding carboxylic acids is 1. The van der Waals surface area contributed by atoms with E-state index in [1.165, 1.54) is 30.4 Å². The van der Waals surface area contributed by atoms with Crippen LogP contribution in [0.15, 0.2) is 47.9 Å². The Kier molecular flexibility index (Phi) is 2.86. The number of rotatable bonds is 1. The molecule has 0 amide bonds. The minimum absolute atomic E-state index is 0.184. The van der Waals surface area contributed by atoms with Gasteiger partial charge < -0.3 is 25.2 Å². The van der Waals surface area contributed by atoms with E-state index in [4.69, 9.17) is 4.74 Å². The molecular weight excluding hydrogens is 276 g/mol. The number of aliphatic hydroxyl groups is 2. The maximum absolute atomic E-state index is 12.1. The third-order valence-electron chi connectivity index (χ3n) is 3.38. The van der Waals surface area contributed by atoms with Gasteiger partial charge in [0, 0.05) is 17.7 Å². The fraction of sp³-hybridized carbons (Fsp3) is 0.133. The van der Waals surface area contributed by atoms with Crippen LogP contribution in [-0.4, -0.2) is 32.3 Å². The summed E-state index contributed by atoms with van der Waals surface area (Å²) >= 11 is 0. The largest absolute Gasteiger partial charge is 0.511 e. The molecule has 1 heterocycles. The van der Waals surface area contributed by atoms with E-state index in [1.54, 1.807) is 0 Å². The number of ketones is 1. The maximum Gasteiger partial charge on any atom is 0.174 e. The molecule has 1 aromatic carbocycles. The normalized spacial score (nSPS) is 24.4. The molecule has 1 aromatic rings. The predicted molar refractivity (Wildman–Crippen MR) is 72.5 cm³/mol. The summed E-state index contributed by atoms with van der Waals surface area (Å²) in [5.74, 6) is -2.12. The second kappa shape index (κ2) is 4.59. The number of hydrogen-bond acceptors (Lipinski definition) is 6. The first-order chi connectivity index (χ1) is 9.95. The number of phenols is 2. The number of carbonyl (C=O) groups is 1. The monoisotopic (exact) mass is 288 g/mol. The Labute approximate surface area is 119 Å². The van der Waals surface area contributed by atoms with E-state index in [2.05, 4.69) is 0 Å². The summed E-state index contributed by atoms with van der Waals surface area (Å²) in [6.07, 6.45) is 2.83. The van der Waals surface area contributed by atoms with Crippen LogP contribution in [0.3, 0.4) is 0 Å². The van der Waals surface area contributed by atoms with Crippen molar-refractivity contribution in [2.45, 2.75) is 6.10 Å². The molecule has 0 unspecified atom stereocenters. The first kappa shape index (κ1) is 13.1. The number of fused-ring (bicyclic) bond motifs is 1. The van der Waals surface area contributed by atoms with Crippen LogP contribution in [0.1, 0.15) is 5.56 Å². The van der Waals surface area contributed by atoms with Crippen molar-refractivity contribution in [3.63, 3.8) is 0 Å². The first-order valence-electron chi connectivity index (χ1n) is 6.21. The Balaban J connectivity index is 1.99. The second-order valence-electron chi connectivity index (χ2n) is 4.84. The van der Waals surface area contributed by atoms with Gasteiger partial charge in [0.15, 0.2) is 17.3 Å². The van der Waals surface area contributed by atoms with Gasteiger partial charge >= 0.3 is 0 Å². The van der Waals surface area contributed by atoms with Gasteiger partial charge in [0.1, 0.15) is 29.3 Å². The molecule has 0 saturated carbocycles. The van der Waals surface area contributed by atoms with E-state index in [0.717, 1.165) is 6.08 Å². The fourth-order valence-corrected chi connectivity index (χ4v) is 2.36. The quantitative estimate of drug-likeness (QED) is 0.588. The van der Waals surface area contributed by atoms with Gasteiger partial charge in [-0.2, -0.15) is 0 Å². The summed E-state index contributed by atoms with van der Waals surface area (Å²) in [5, 5.41) is 38.0. The van der Waals surface area contributed by atoms with Crippen molar-refractivity contribution >= 4 is 11.5 Å². The second-order valence-corrected chi connectivity index (χ2v) is 4.84. The highest BCUT2D eigenvalue weighted by atomic mass is 16.5. The Morgan fingerprint density at radius 1 is 1.00 bits per heavy atom. The highest BCUT2D eigenvalue weighted by Crippen LogP contribution is 2.36. The molecular formula is C15H12O6. The van der Waals surface area contributed by atoms with Crippen LogP contribution in [0.5, 0.6) is 11.5 Å². The van der Waals surface area contributed by atoms with E-state index < -0.39 is 12.0 Å². The Morgan fingerprint density at radius 3 is 2.48 bits per heavy atom. The average Bonchev–Trinajstić information content (AvgIpc) is 2.40. The van der Waals surface area contributed by atoms with Gasteiger partial charge in [-0.3, -0.25) is 4.79 Å². The molecule has 2 aliphatic rings. The number of allylic oxidation sites excluding steroid dienone is 2. The SMILES string of the molecule is O=C1C=C(c2ccc(O)c(O)c2)O[C@H]2C=C(O)C=C(O)[C@@H]12. The van der Waals surface area contributed by atoms with E-state index >= 15 is 0 Å². The molecule has 0 saturated heterocycles. The van der Waals surface area contributed by atoms with Gasteiger partial charge in [-0.15, -0.1) is 0 Å². The van der Waals surface area contributed by atoms with Crippen molar-refractivity contribution in [2.75, 3.05) is 0 Å². The highest BCUT2D eigenvalue weighted by Gasteiger charge is 2.38. The molecule has 4 N–H and O–H groups in total. The summed E-state index contributed by atoms with van der Waals surface area (Å²) in [4.78, 5) is 12.1. The molecule has 2 atom stereocenters. The van der Waals surface area contributed by atoms with Crippen LogP contribution in [-0.2, 0) is 9.53 Å². The third kappa shape index (κ3) is 2.20. The summed E-state index contributed by atoms with van der Waals surface area (Å²) in [6.45, 7) is 0. The minimum Gasteiger partial charge on any atom is -0.511 e. The topological polar surface area (TPSA) is 107 Å². The van der Waals surface area contributed by atoms with E-state index in [1.807, 2.05) is 0 Å². The van der Waals surface area contributed by atoms with E-state index in [9.17, 15) is 25.2 Å². The van der Waals surface area contributed by atoms with Crippen LogP contribution in [0.25, 0.3) is 5.76 Å². The first-order valence-corrected chi connectivity index (χ1v) is 6.21. The average molecular weight is 288 g/mol. The molecule has 1 aliphatic heterocycles. The number of hydrogen-bond donors (Lipinski definition) is 4. The minimum atomic E-state index is -0.879.